The van der Waals surface area contributed by atoms with Crippen LogP contribution >= 0.6 is 11.6 Å². The minimum absolute atomic E-state index is 0.00717. The van der Waals surface area contributed by atoms with E-state index in [4.69, 9.17) is 11.6 Å². The van der Waals surface area contributed by atoms with Gasteiger partial charge < -0.3 is 10.4 Å². The summed E-state index contributed by atoms with van der Waals surface area (Å²) in [6, 6.07) is 5.14. The molecule has 0 aliphatic rings. The van der Waals surface area contributed by atoms with Crippen molar-refractivity contribution in [2.45, 2.75) is 0 Å². The first-order valence-electron chi connectivity index (χ1n) is 4.96. The summed E-state index contributed by atoms with van der Waals surface area (Å²) in [6.45, 7) is 0. The molecule has 0 aliphatic carbocycles. The predicted molar refractivity (Wildman–Crippen MR) is 65.3 cm³/mol. The Kier molecular flexibility index (Phi) is 3.43. The van der Waals surface area contributed by atoms with Crippen LogP contribution in [0.4, 0.5) is 10.1 Å². The molecule has 6 heteroatoms. The van der Waals surface area contributed by atoms with Gasteiger partial charge in [0, 0.05) is 11.2 Å². The van der Waals surface area contributed by atoms with E-state index in [2.05, 4.69) is 10.3 Å². The van der Waals surface area contributed by atoms with Gasteiger partial charge in [-0.05, 0) is 24.3 Å². The molecule has 0 bridgehead atoms. The van der Waals surface area contributed by atoms with Crippen LogP contribution in [0.5, 0.6) is 5.75 Å². The number of halogens is 2. The molecule has 2 rings (SSSR count). The fourth-order valence-electron chi connectivity index (χ4n) is 1.34. The molecule has 92 valence electrons. The second kappa shape index (κ2) is 5.01. The highest BCUT2D eigenvalue weighted by atomic mass is 35.5. The van der Waals surface area contributed by atoms with Crippen LogP contribution in [0.2, 0.25) is 5.02 Å². The van der Waals surface area contributed by atoms with Gasteiger partial charge in [0.15, 0.2) is 0 Å². The number of pyridine rings is 1. The molecule has 0 unspecified atom stereocenters. The van der Waals surface area contributed by atoms with Gasteiger partial charge in [-0.1, -0.05) is 11.6 Å². The third-order valence-electron chi connectivity index (χ3n) is 2.17. The van der Waals surface area contributed by atoms with E-state index in [0.717, 1.165) is 6.07 Å². The average Bonchev–Trinajstić information content (AvgIpc) is 2.32. The second-order valence-corrected chi connectivity index (χ2v) is 3.95. The second-order valence-electron chi connectivity index (χ2n) is 3.51. The fraction of sp³-hybridized carbons (Fsp3) is 0. The summed E-state index contributed by atoms with van der Waals surface area (Å²) in [4.78, 5) is 15.4. The maximum atomic E-state index is 13.4. The molecule has 1 amide bonds. The first-order chi connectivity index (χ1) is 8.56. The largest absolute Gasteiger partial charge is 0.506 e. The van der Waals surface area contributed by atoms with Gasteiger partial charge in [-0.2, -0.15) is 0 Å². The van der Waals surface area contributed by atoms with Crippen LogP contribution in [-0.2, 0) is 0 Å². The van der Waals surface area contributed by atoms with Crippen molar-refractivity contribution in [3.63, 3.8) is 0 Å². The number of amides is 1. The zero-order chi connectivity index (χ0) is 13.1. The van der Waals surface area contributed by atoms with Gasteiger partial charge >= 0.3 is 0 Å². The zero-order valence-corrected chi connectivity index (χ0v) is 9.78. The van der Waals surface area contributed by atoms with Crippen LogP contribution in [0.3, 0.4) is 0 Å². The molecule has 18 heavy (non-hydrogen) atoms. The Balaban J connectivity index is 2.21. The number of hydrogen-bond acceptors (Lipinski definition) is 3. The van der Waals surface area contributed by atoms with E-state index >= 15 is 0 Å². The molecule has 1 aromatic carbocycles. The van der Waals surface area contributed by atoms with Crippen molar-refractivity contribution >= 4 is 23.2 Å². The van der Waals surface area contributed by atoms with Crippen molar-refractivity contribution in [2.24, 2.45) is 0 Å². The van der Waals surface area contributed by atoms with Gasteiger partial charge in [-0.15, -0.1) is 0 Å². The fourth-order valence-corrected chi connectivity index (χ4v) is 1.50. The Hall–Kier alpha value is -2.14. The van der Waals surface area contributed by atoms with Crippen LogP contribution in [0.25, 0.3) is 0 Å². The molecular weight excluding hydrogens is 259 g/mol. The Bertz CT molecular complexity index is 604. The predicted octanol–water partition coefficient (Wildman–Crippen LogP) is 2.83. The van der Waals surface area contributed by atoms with Crippen LogP contribution in [0.15, 0.2) is 36.7 Å². The summed E-state index contributed by atoms with van der Waals surface area (Å²) in [6.07, 6.45) is 2.46. The highest BCUT2D eigenvalue weighted by Gasteiger charge is 2.10. The van der Waals surface area contributed by atoms with Gasteiger partial charge in [-0.3, -0.25) is 9.78 Å². The first kappa shape index (κ1) is 12.3. The lowest BCUT2D eigenvalue weighted by molar-refractivity contribution is 0.102. The van der Waals surface area contributed by atoms with Gasteiger partial charge in [0.05, 0.1) is 17.4 Å². The number of nitrogens with one attached hydrogen (secondary N) is 1. The molecule has 1 aromatic heterocycles. The molecule has 2 N–H and O–H groups in total. The topological polar surface area (TPSA) is 62.2 Å². The van der Waals surface area contributed by atoms with Crippen LogP contribution in [-0.4, -0.2) is 16.0 Å². The van der Waals surface area contributed by atoms with E-state index < -0.39 is 11.7 Å². The number of carbonyl (C=O) groups excluding carboxylic acids is 1. The standard InChI is InChI=1S/C12H8ClFN2O2/c13-8-1-2-11(10(14)4-8)16-12(18)7-3-9(17)6-15-5-7/h1-6,17H,(H,16,18). The van der Waals surface area contributed by atoms with Gasteiger partial charge in [-0.25, -0.2) is 4.39 Å². The lowest BCUT2D eigenvalue weighted by atomic mass is 10.2. The number of anilines is 1. The maximum Gasteiger partial charge on any atom is 0.257 e. The monoisotopic (exact) mass is 266 g/mol. The van der Waals surface area contributed by atoms with E-state index in [1.54, 1.807) is 0 Å². The lowest BCUT2D eigenvalue weighted by Gasteiger charge is -2.06. The highest BCUT2D eigenvalue weighted by molar-refractivity contribution is 6.30. The minimum atomic E-state index is -0.635. The van der Waals surface area contributed by atoms with Gasteiger partial charge in [0.25, 0.3) is 5.91 Å². The Morgan fingerprint density at radius 3 is 2.78 bits per heavy atom. The molecule has 0 saturated carbocycles. The van der Waals surface area contributed by atoms with Crippen molar-refractivity contribution in [3.05, 3.63) is 53.1 Å². The molecule has 0 atom stereocenters. The van der Waals surface area contributed by atoms with Crippen molar-refractivity contribution in [1.82, 2.24) is 4.98 Å². The number of rotatable bonds is 2. The number of carbonyl (C=O) groups is 1. The molecule has 4 nitrogen and oxygen atoms in total. The van der Waals surface area contributed by atoms with Crippen LogP contribution in [0, 0.1) is 5.82 Å². The molecule has 0 fully saturated rings. The summed E-state index contributed by atoms with van der Waals surface area (Å²) in [7, 11) is 0. The first-order valence-corrected chi connectivity index (χ1v) is 5.34. The van der Waals surface area contributed by atoms with Crippen LogP contribution < -0.4 is 5.32 Å². The number of aromatic hydroxyl groups is 1. The maximum absolute atomic E-state index is 13.4. The number of nitrogens with zero attached hydrogens (tertiary/aromatic N) is 1. The number of aromatic nitrogens is 1. The van der Waals surface area contributed by atoms with E-state index in [1.807, 2.05) is 0 Å². The average molecular weight is 267 g/mol. The van der Waals surface area contributed by atoms with Gasteiger partial charge in [0.1, 0.15) is 11.6 Å². The lowest BCUT2D eigenvalue weighted by Crippen LogP contribution is -2.13. The quantitative estimate of drug-likeness (QED) is 0.879. The summed E-state index contributed by atoms with van der Waals surface area (Å²) in [5.41, 5.74) is 0.136. The molecule has 2 aromatic rings. The smallest absolute Gasteiger partial charge is 0.257 e. The molecule has 1 heterocycles. The number of benzene rings is 1. The SMILES string of the molecule is O=C(Nc1ccc(Cl)cc1F)c1cncc(O)c1. The normalized spacial score (nSPS) is 10.1. The zero-order valence-electron chi connectivity index (χ0n) is 9.02. The van der Waals surface area contributed by atoms with E-state index in [1.165, 1.54) is 30.6 Å². The Morgan fingerprint density at radius 2 is 2.11 bits per heavy atom. The molecular formula is C12H8ClFN2O2. The van der Waals surface area contributed by atoms with E-state index in [0.29, 0.717) is 0 Å². The van der Waals surface area contributed by atoms with Crippen molar-refractivity contribution in [1.29, 1.82) is 0 Å². The summed E-state index contributed by atoms with van der Waals surface area (Å²) < 4.78 is 13.4. The third-order valence-corrected chi connectivity index (χ3v) is 2.40. The molecule has 0 aliphatic heterocycles. The van der Waals surface area contributed by atoms with Crippen molar-refractivity contribution < 1.29 is 14.3 Å². The minimum Gasteiger partial charge on any atom is -0.506 e. The Labute approximate surface area is 107 Å². The highest BCUT2D eigenvalue weighted by Crippen LogP contribution is 2.20. The van der Waals surface area contributed by atoms with Crippen LogP contribution in [0.1, 0.15) is 10.4 Å². The third kappa shape index (κ3) is 2.75. The molecule has 0 radical (unpaired) electrons. The van der Waals surface area contributed by atoms with E-state index in [-0.39, 0.29) is 22.0 Å². The Morgan fingerprint density at radius 1 is 1.33 bits per heavy atom. The summed E-state index contributed by atoms with van der Waals surface area (Å²) in [5, 5.41) is 11.8. The van der Waals surface area contributed by atoms with E-state index in [9.17, 15) is 14.3 Å². The summed E-state index contributed by atoms with van der Waals surface area (Å²) >= 11 is 5.60. The summed E-state index contributed by atoms with van der Waals surface area (Å²) in [5.74, 6) is -1.34. The molecule has 0 spiro atoms. The molecule has 0 saturated heterocycles. The number of hydrogen-bond donors (Lipinski definition) is 2. The van der Waals surface area contributed by atoms with Crippen molar-refractivity contribution in [2.75, 3.05) is 5.32 Å². The van der Waals surface area contributed by atoms with Crippen molar-refractivity contribution in [3.8, 4) is 5.75 Å². The van der Waals surface area contributed by atoms with Gasteiger partial charge in [0.2, 0.25) is 0 Å².